The Bertz CT molecular complexity index is 693. The van der Waals surface area contributed by atoms with Crippen molar-refractivity contribution in [1.82, 2.24) is 9.55 Å². The molecule has 1 saturated carbocycles. The largest absolute Gasteiger partial charge is 0.481 e. The van der Waals surface area contributed by atoms with Crippen molar-refractivity contribution in [1.29, 1.82) is 0 Å². The zero-order chi connectivity index (χ0) is 15.1. The molecule has 0 radical (unpaired) electrons. The first-order valence-corrected chi connectivity index (χ1v) is 7.37. The first-order chi connectivity index (χ1) is 9.97. The van der Waals surface area contributed by atoms with Gasteiger partial charge in [-0.05, 0) is 51.3 Å². The number of benzene rings is 1. The standard InChI is InChI=1S/C16H19FN2O2/c1-9(2)19-14-8-12(17)5-6-13(14)18-15(19)10-3-4-11(7-10)16(20)21/h5-6,8-11H,3-4,7H2,1-2H3,(H,20,21). The van der Waals surface area contributed by atoms with Gasteiger partial charge in [-0.1, -0.05) is 0 Å². The average molecular weight is 290 g/mol. The molecule has 4 nitrogen and oxygen atoms in total. The van der Waals surface area contributed by atoms with Gasteiger partial charge in [0, 0.05) is 12.0 Å². The molecule has 1 aromatic heterocycles. The predicted molar refractivity (Wildman–Crippen MR) is 77.8 cm³/mol. The minimum Gasteiger partial charge on any atom is -0.481 e. The smallest absolute Gasteiger partial charge is 0.306 e. The van der Waals surface area contributed by atoms with Crippen LogP contribution in [0.25, 0.3) is 11.0 Å². The molecule has 21 heavy (non-hydrogen) atoms. The number of aromatic nitrogens is 2. The molecule has 0 bridgehead atoms. The number of hydrogen-bond donors (Lipinski definition) is 1. The van der Waals surface area contributed by atoms with E-state index >= 15 is 0 Å². The highest BCUT2D eigenvalue weighted by atomic mass is 19.1. The maximum Gasteiger partial charge on any atom is 0.306 e. The van der Waals surface area contributed by atoms with Crippen LogP contribution in [0.5, 0.6) is 0 Å². The summed E-state index contributed by atoms with van der Waals surface area (Å²) in [4.78, 5) is 15.8. The molecule has 0 saturated heterocycles. The molecule has 1 aliphatic carbocycles. The van der Waals surface area contributed by atoms with Gasteiger partial charge < -0.3 is 9.67 Å². The molecule has 2 unspecified atom stereocenters. The van der Waals surface area contributed by atoms with Crippen LogP contribution in [0.4, 0.5) is 4.39 Å². The van der Waals surface area contributed by atoms with Crippen molar-refractivity contribution in [2.24, 2.45) is 5.92 Å². The second-order valence-electron chi connectivity index (χ2n) is 6.11. The van der Waals surface area contributed by atoms with Crippen LogP contribution in [0.3, 0.4) is 0 Å². The number of fused-ring (bicyclic) bond motifs is 1. The molecule has 1 heterocycles. The number of halogens is 1. The molecular formula is C16H19FN2O2. The number of aliphatic carboxylic acids is 1. The Balaban J connectivity index is 2.06. The van der Waals surface area contributed by atoms with Gasteiger partial charge in [-0.2, -0.15) is 0 Å². The summed E-state index contributed by atoms with van der Waals surface area (Å²) in [5.74, 6) is -0.244. The van der Waals surface area contributed by atoms with Crippen LogP contribution in [-0.4, -0.2) is 20.6 Å². The average Bonchev–Trinajstić information content (AvgIpc) is 3.01. The summed E-state index contributed by atoms with van der Waals surface area (Å²) in [6.45, 7) is 4.08. The molecular weight excluding hydrogens is 271 g/mol. The van der Waals surface area contributed by atoms with Crippen LogP contribution in [-0.2, 0) is 4.79 Å². The summed E-state index contributed by atoms with van der Waals surface area (Å²) in [5, 5.41) is 9.16. The van der Waals surface area contributed by atoms with Crippen LogP contribution in [0.2, 0.25) is 0 Å². The van der Waals surface area contributed by atoms with E-state index in [0.29, 0.717) is 12.8 Å². The maximum atomic E-state index is 13.5. The number of imidazole rings is 1. The first-order valence-electron chi connectivity index (χ1n) is 7.37. The van der Waals surface area contributed by atoms with Crippen LogP contribution in [0, 0.1) is 11.7 Å². The Morgan fingerprint density at radius 1 is 1.43 bits per heavy atom. The van der Waals surface area contributed by atoms with E-state index in [1.165, 1.54) is 12.1 Å². The molecule has 1 N–H and O–H groups in total. The van der Waals surface area contributed by atoms with Crippen LogP contribution >= 0.6 is 0 Å². The third kappa shape index (κ3) is 2.41. The predicted octanol–water partition coefficient (Wildman–Crippen LogP) is 3.72. The quantitative estimate of drug-likeness (QED) is 0.937. The molecule has 0 spiro atoms. The van der Waals surface area contributed by atoms with E-state index in [1.54, 1.807) is 6.07 Å². The monoisotopic (exact) mass is 290 g/mol. The Hall–Kier alpha value is -1.91. The van der Waals surface area contributed by atoms with E-state index in [1.807, 2.05) is 18.4 Å². The SMILES string of the molecule is CC(C)n1c(C2CCC(C(=O)O)C2)nc2ccc(F)cc21. The highest BCUT2D eigenvalue weighted by Crippen LogP contribution is 2.40. The Morgan fingerprint density at radius 3 is 2.81 bits per heavy atom. The second kappa shape index (κ2) is 5.13. The Labute approximate surface area is 122 Å². The van der Waals surface area contributed by atoms with Gasteiger partial charge in [-0.25, -0.2) is 9.37 Å². The zero-order valence-corrected chi connectivity index (χ0v) is 12.2. The zero-order valence-electron chi connectivity index (χ0n) is 12.2. The summed E-state index contributed by atoms with van der Waals surface area (Å²) >= 11 is 0. The highest BCUT2D eigenvalue weighted by molar-refractivity contribution is 5.76. The number of nitrogens with zero attached hydrogens (tertiary/aromatic N) is 2. The van der Waals surface area contributed by atoms with Crippen molar-refractivity contribution >= 4 is 17.0 Å². The molecule has 112 valence electrons. The lowest BCUT2D eigenvalue weighted by atomic mass is 10.0. The molecule has 2 atom stereocenters. The molecule has 5 heteroatoms. The molecule has 1 aliphatic rings. The van der Waals surface area contributed by atoms with Crippen LogP contribution in [0.15, 0.2) is 18.2 Å². The maximum absolute atomic E-state index is 13.5. The van der Waals surface area contributed by atoms with Crippen molar-refractivity contribution in [3.05, 3.63) is 29.8 Å². The van der Waals surface area contributed by atoms with Crippen molar-refractivity contribution in [2.75, 3.05) is 0 Å². The van der Waals surface area contributed by atoms with Gasteiger partial charge in [0.25, 0.3) is 0 Å². The lowest BCUT2D eigenvalue weighted by Gasteiger charge is -2.17. The fraction of sp³-hybridized carbons (Fsp3) is 0.500. The fourth-order valence-corrected chi connectivity index (χ4v) is 3.36. The highest BCUT2D eigenvalue weighted by Gasteiger charge is 2.33. The molecule has 1 fully saturated rings. The third-order valence-corrected chi connectivity index (χ3v) is 4.34. The van der Waals surface area contributed by atoms with Gasteiger partial charge in [0.1, 0.15) is 11.6 Å². The lowest BCUT2D eigenvalue weighted by Crippen LogP contribution is -2.12. The van der Waals surface area contributed by atoms with Gasteiger partial charge in [0.05, 0.1) is 17.0 Å². The van der Waals surface area contributed by atoms with E-state index in [2.05, 4.69) is 4.98 Å². The number of hydrogen-bond acceptors (Lipinski definition) is 2. The summed E-state index contributed by atoms with van der Waals surface area (Å²) in [5.41, 5.74) is 1.57. The number of carbonyl (C=O) groups is 1. The van der Waals surface area contributed by atoms with E-state index in [9.17, 15) is 9.18 Å². The van der Waals surface area contributed by atoms with Gasteiger partial charge in [-0.15, -0.1) is 0 Å². The fourth-order valence-electron chi connectivity index (χ4n) is 3.36. The van der Waals surface area contributed by atoms with Crippen molar-refractivity contribution in [2.45, 2.75) is 45.1 Å². The minimum absolute atomic E-state index is 0.143. The molecule has 2 aromatic rings. The summed E-state index contributed by atoms with van der Waals surface area (Å²) in [6, 6.07) is 4.78. The van der Waals surface area contributed by atoms with Gasteiger partial charge in [0.2, 0.25) is 0 Å². The molecule has 1 aromatic carbocycles. The second-order valence-corrected chi connectivity index (χ2v) is 6.11. The van der Waals surface area contributed by atoms with E-state index in [-0.39, 0.29) is 23.7 Å². The van der Waals surface area contributed by atoms with E-state index < -0.39 is 5.97 Å². The topological polar surface area (TPSA) is 55.1 Å². The summed E-state index contributed by atoms with van der Waals surface area (Å²) < 4.78 is 15.6. The van der Waals surface area contributed by atoms with E-state index in [4.69, 9.17) is 5.11 Å². The summed E-state index contributed by atoms with van der Waals surface area (Å²) in [6.07, 6.45) is 2.14. The number of rotatable bonds is 3. The molecule has 0 amide bonds. The third-order valence-electron chi connectivity index (χ3n) is 4.34. The molecule has 0 aliphatic heterocycles. The van der Waals surface area contributed by atoms with Crippen LogP contribution in [0.1, 0.15) is 50.9 Å². The van der Waals surface area contributed by atoms with Crippen molar-refractivity contribution in [3.63, 3.8) is 0 Å². The number of carboxylic acids is 1. The Kier molecular flexibility index (Phi) is 3.43. The van der Waals surface area contributed by atoms with Gasteiger partial charge >= 0.3 is 5.97 Å². The summed E-state index contributed by atoms with van der Waals surface area (Å²) in [7, 11) is 0. The van der Waals surface area contributed by atoms with Crippen LogP contribution < -0.4 is 0 Å². The number of carboxylic acid groups (broad SMARTS) is 1. The molecule has 3 rings (SSSR count). The van der Waals surface area contributed by atoms with Gasteiger partial charge in [0.15, 0.2) is 0 Å². The van der Waals surface area contributed by atoms with Gasteiger partial charge in [-0.3, -0.25) is 4.79 Å². The first kappa shape index (κ1) is 14.0. The normalized spacial score (nSPS) is 22.3. The minimum atomic E-state index is -0.726. The van der Waals surface area contributed by atoms with Crippen molar-refractivity contribution in [3.8, 4) is 0 Å². The Morgan fingerprint density at radius 2 is 2.19 bits per heavy atom. The van der Waals surface area contributed by atoms with Crippen molar-refractivity contribution < 1.29 is 14.3 Å². The van der Waals surface area contributed by atoms with E-state index in [0.717, 1.165) is 23.3 Å². The lowest BCUT2D eigenvalue weighted by molar-refractivity contribution is -0.141.